The van der Waals surface area contributed by atoms with E-state index in [4.69, 9.17) is 21.1 Å². The molecule has 5 aromatic rings. The van der Waals surface area contributed by atoms with Gasteiger partial charge in [-0.1, -0.05) is 29.8 Å². The number of carbonyl (C=O) groups excluding carboxylic acids is 2. The highest BCUT2D eigenvalue weighted by Gasteiger charge is 2.45. The Morgan fingerprint density at radius 1 is 1.05 bits per heavy atom. The molecule has 6 rings (SSSR count). The van der Waals surface area contributed by atoms with Crippen molar-refractivity contribution >= 4 is 62.7 Å². The predicted molar refractivity (Wildman–Crippen MR) is 215 cm³/mol. The number of aromatic amines is 1. The van der Waals surface area contributed by atoms with Crippen LogP contribution in [-0.4, -0.2) is 76.5 Å². The number of hydrogen-bond donors (Lipinski definition) is 6. The topological polar surface area (TPSA) is 173 Å². The van der Waals surface area contributed by atoms with Gasteiger partial charge < -0.3 is 45.3 Å². The fourth-order valence-corrected chi connectivity index (χ4v) is 8.99. The van der Waals surface area contributed by atoms with E-state index >= 15 is 0 Å². The maximum absolute atomic E-state index is 13.4. The lowest BCUT2D eigenvalue weighted by Gasteiger charge is -2.35. The molecule has 0 radical (unpaired) electrons. The summed E-state index contributed by atoms with van der Waals surface area (Å²) in [5, 5.41) is 43.3. The van der Waals surface area contributed by atoms with Crippen molar-refractivity contribution in [1.29, 1.82) is 0 Å². The summed E-state index contributed by atoms with van der Waals surface area (Å²) in [7, 11) is 3.57. The van der Waals surface area contributed by atoms with E-state index in [0.717, 1.165) is 18.4 Å². The van der Waals surface area contributed by atoms with Gasteiger partial charge >= 0.3 is 5.97 Å². The number of H-pyrrole nitrogens is 1. The molecule has 3 aromatic heterocycles. The Balaban J connectivity index is 0.940. The van der Waals surface area contributed by atoms with Gasteiger partial charge in [-0.15, -0.1) is 22.7 Å². The molecule has 0 aliphatic heterocycles. The van der Waals surface area contributed by atoms with Gasteiger partial charge in [-0.05, 0) is 92.4 Å². The summed E-state index contributed by atoms with van der Waals surface area (Å²) in [4.78, 5) is 44.0. The van der Waals surface area contributed by atoms with Crippen molar-refractivity contribution in [1.82, 2.24) is 15.2 Å². The average Bonchev–Trinajstić information content (AvgIpc) is 3.93. The minimum atomic E-state index is -1.81. The van der Waals surface area contributed by atoms with Gasteiger partial charge in [0.1, 0.15) is 17.6 Å². The van der Waals surface area contributed by atoms with Crippen LogP contribution in [0.25, 0.3) is 10.9 Å². The van der Waals surface area contributed by atoms with E-state index in [1.54, 1.807) is 36.4 Å². The van der Waals surface area contributed by atoms with E-state index in [9.17, 15) is 29.7 Å². The van der Waals surface area contributed by atoms with Crippen molar-refractivity contribution in [3.8, 4) is 11.5 Å². The Kier molecular flexibility index (Phi) is 13.3. The van der Waals surface area contributed by atoms with Crippen LogP contribution in [0.3, 0.4) is 0 Å². The smallest absolute Gasteiger partial charge is 0.349 e. The minimum absolute atomic E-state index is 0.0807. The van der Waals surface area contributed by atoms with Crippen molar-refractivity contribution in [3.63, 3.8) is 0 Å². The number of carbonyl (C=O) groups is 2. The van der Waals surface area contributed by atoms with Crippen molar-refractivity contribution in [2.75, 3.05) is 32.6 Å². The number of ether oxygens (including phenoxy) is 2. The van der Waals surface area contributed by atoms with Gasteiger partial charge in [-0.3, -0.25) is 9.59 Å². The molecule has 15 heteroatoms. The zero-order valence-electron chi connectivity index (χ0n) is 30.5. The maximum atomic E-state index is 13.4. The molecular formula is C40H45ClN4O8S2. The third-order valence-corrected chi connectivity index (χ3v) is 12.3. The number of methoxy groups -OCH3 is 1. The molecule has 1 aliphatic rings. The second-order valence-corrected chi connectivity index (χ2v) is 16.0. The van der Waals surface area contributed by atoms with Crippen LogP contribution in [0.1, 0.15) is 65.5 Å². The molecule has 0 spiro atoms. The van der Waals surface area contributed by atoms with Crippen LogP contribution in [-0.2, 0) is 26.5 Å². The molecule has 1 amide bonds. The number of fused-ring (bicyclic) bond motifs is 1. The number of aliphatic hydroxyl groups excluding tert-OH is 1. The van der Waals surface area contributed by atoms with Crippen LogP contribution in [0.2, 0.25) is 5.02 Å². The lowest BCUT2D eigenvalue weighted by atomic mass is 9.91. The first-order chi connectivity index (χ1) is 26.5. The highest BCUT2D eigenvalue weighted by molar-refractivity contribution is 7.12. The molecule has 55 heavy (non-hydrogen) atoms. The second kappa shape index (κ2) is 18.1. The summed E-state index contributed by atoms with van der Waals surface area (Å²) in [5.74, 6) is -0.379. The summed E-state index contributed by atoms with van der Waals surface area (Å²) in [6.07, 6.45) is 2.77. The second-order valence-electron chi connectivity index (χ2n) is 13.7. The van der Waals surface area contributed by atoms with Gasteiger partial charge in [-0.25, -0.2) is 4.79 Å². The van der Waals surface area contributed by atoms with Gasteiger partial charge in [0.25, 0.3) is 0 Å². The van der Waals surface area contributed by atoms with Gasteiger partial charge in [-0.2, -0.15) is 0 Å². The molecule has 3 heterocycles. The normalized spacial score (nSPS) is 16.6. The number of anilines is 1. The summed E-state index contributed by atoms with van der Waals surface area (Å²) in [6, 6.07) is 16.8. The number of thiophene rings is 2. The number of benzene rings is 2. The quantitative estimate of drug-likeness (QED) is 0.0623. The number of rotatable bonds is 16. The Labute approximate surface area is 331 Å². The summed E-state index contributed by atoms with van der Waals surface area (Å²) < 4.78 is 11.5. The third kappa shape index (κ3) is 9.41. The van der Waals surface area contributed by atoms with Crippen LogP contribution in [0.5, 0.6) is 11.5 Å². The zero-order valence-corrected chi connectivity index (χ0v) is 32.9. The Bertz CT molecular complexity index is 2100. The van der Waals surface area contributed by atoms with Gasteiger partial charge in [0.05, 0.1) is 39.2 Å². The Morgan fingerprint density at radius 2 is 1.76 bits per heavy atom. The van der Waals surface area contributed by atoms with Crippen molar-refractivity contribution in [3.05, 3.63) is 108 Å². The van der Waals surface area contributed by atoms with Crippen molar-refractivity contribution < 1.29 is 34.4 Å². The van der Waals surface area contributed by atoms with E-state index in [-0.39, 0.29) is 35.4 Å². The number of aromatic hydroxyl groups is 1. The lowest BCUT2D eigenvalue weighted by molar-refractivity contribution is -0.169. The van der Waals surface area contributed by atoms with Crippen LogP contribution < -0.4 is 20.9 Å². The van der Waals surface area contributed by atoms with Crippen LogP contribution in [0.15, 0.2) is 76.2 Å². The van der Waals surface area contributed by atoms with Crippen LogP contribution in [0.4, 0.5) is 5.69 Å². The number of nitrogens with zero attached hydrogens (tertiary/aromatic N) is 1. The van der Waals surface area contributed by atoms with E-state index in [0.29, 0.717) is 82.0 Å². The molecule has 6 N–H and O–H groups in total. The highest BCUT2D eigenvalue weighted by Crippen LogP contribution is 2.38. The number of amides is 1. The van der Waals surface area contributed by atoms with E-state index < -0.39 is 17.7 Å². The summed E-state index contributed by atoms with van der Waals surface area (Å²) >= 11 is 9.24. The number of phenolic OH excluding ortho intramolecular Hbond substituents is 1. The van der Waals surface area contributed by atoms with E-state index in [1.807, 2.05) is 29.9 Å². The molecule has 1 saturated carbocycles. The molecule has 0 bridgehead atoms. The fourth-order valence-electron chi connectivity index (χ4n) is 7.04. The summed E-state index contributed by atoms with van der Waals surface area (Å²) in [5.41, 5.74) is -0.197. The zero-order chi connectivity index (χ0) is 39.1. The minimum Gasteiger partial charge on any atom is -0.506 e. The molecule has 1 atom stereocenters. The van der Waals surface area contributed by atoms with Crippen molar-refractivity contribution in [2.24, 2.45) is 0 Å². The monoisotopic (exact) mass is 808 g/mol. The molecular weight excluding hydrogens is 764 g/mol. The first-order valence-electron chi connectivity index (χ1n) is 18.1. The number of esters is 1. The van der Waals surface area contributed by atoms with Gasteiger partial charge in [0.15, 0.2) is 0 Å². The predicted octanol–water partition coefficient (Wildman–Crippen LogP) is 6.28. The van der Waals surface area contributed by atoms with E-state index in [2.05, 4.69) is 20.5 Å². The fraction of sp³-hybridized carbons (Fsp3) is 0.375. The molecule has 0 saturated heterocycles. The third-order valence-electron chi connectivity index (χ3n) is 10.1. The van der Waals surface area contributed by atoms with Crippen LogP contribution >= 0.6 is 34.3 Å². The van der Waals surface area contributed by atoms with Crippen LogP contribution in [0, 0.1) is 0 Å². The number of aliphatic hydroxyl groups is 2. The SMILES string of the molecule is COc1cc(NC(=O)CCCN(C)[C@H]2CC[C@H](OC(=O)C(O)(c3cccs3)c3cccs3)CC2)c(Cl)cc1CNC[C@H](O)c1ccc(O)c2[nH]c(=O)ccc12. The Morgan fingerprint density at radius 3 is 2.42 bits per heavy atom. The summed E-state index contributed by atoms with van der Waals surface area (Å²) in [6.45, 7) is 1.19. The molecule has 292 valence electrons. The molecule has 1 fully saturated rings. The first-order valence-corrected chi connectivity index (χ1v) is 20.2. The number of nitrogens with one attached hydrogen (secondary N) is 3. The maximum Gasteiger partial charge on any atom is 0.349 e. The standard InChI is InChI=1S/C40H45ClN4O8S2/c1-45(25-9-11-26(12-10-25)53-39(50)40(51,34-6-4-18-54-34)35-7-5-19-55-35)17-3-8-36(48)43-30-21-33(52-2)24(20-29(30)41)22-42-23-32(47)27-13-15-31(46)38-28(27)14-16-37(49)44-38/h4-7,13-16,18-21,25-26,32,42,46-47,51H,3,8-12,17,22-23H2,1-2H3,(H,43,48)(H,44,49)/t25-,26-,32-/m0/s1. The Hall–Kier alpha value is -4.28. The van der Waals surface area contributed by atoms with E-state index in [1.165, 1.54) is 41.9 Å². The molecule has 12 nitrogen and oxygen atoms in total. The number of halogens is 1. The highest BCUT2D eigenvalue weighted by atomic mass is 35.5. The van der Waals surface area contributed by atoms with Crippen molar-refractivity contribution in [2.45, 2.75) is 68.9 Å². The van der Waals surface area contributed by atoms with Gasteiger partial charge in [0.2, 0.25) is 17.1 Å². The molecule has 0 unspecified atom stereocenters. The number of aromatic nitrogens is 1. The number of hydrogen-bond acceptors (Lipinski definition) is 12. The first kappa shape index (κ1) is 40.4. The lowest BCUT2D eigenvalue weighted by Crippen LogP contribution is -2.42. The largest absolute Gasteiger partial charge is 0.506 e. The average molecular weight is 809 g/mol. The van der Waals surface area contributed by atoms with Gasteiger partial charge in [0, 0.05) is 48.6 Å². The number of pyridine rings is 1. The number of phenols is 1. The molecule has 1 aliphatic carbocycles. The molecule has 2 aromatic carbocycles.